The van der Waals surface area contributed by atoms with Gasteiger partial charge in [-0.2, -0.15) is 0 Å². The second-order valence-electron chi connectivity index (χ2n) is 4.11. The summed E-state index contributed by atoms with van der Waals surface area (Å²) in [5, 5.41) is 0. The topological polar surface area (TPSA) is 37.4 Å². The molecule has 3 nitrogen and oxygen atoms in total. The van der Waals surface area contributed by atoms with Crippen molar-refractivity contribution < 1.29 is 9.59 Å². The maximum Gasteiger partial charge on any atom is 0.266 e. The second-order valence-corrected chi connectivity index (χ2v) is 6.27. The molecule has 1 aliphatic rings. The molecular weight excluding hydrogens is 421 g/mol. The van der Waals surface area contributed by atoms with Crippen molar-refractivity contribution in [3.8, 4) is 0 Å². The van der Waals surface area contributed by atoms with Gasteiger partial charge in [0.1, 0.15) is 0 Å². The fraction of sp³-hybridized carbons (Fsp3) is 0. The molecule has 0 spiro atoms. The number of amides is 2. The molecular formula is C14H7BrINO2. The first-order valence-corrected chi connectivity index (χ1v) is 7.39. The molecule has 1 heterocycles. The van der Waals surface area contributed by atoms with Gasteiger partial charge in [0.25, 0.3) is 11.8 Å². The van der Waals surface area contributed by atoms with Crippen LogP contribution in [0.25, 0.3) is 0 Å². The van der Waals surface area contributed by atoms with Gasteiger partial charge in [0.2, 0.25) is 0 Å². The molecule has 0 aliphatic carbocycles. The third kappa shape index (κ3) is 2.10. The molecule has 2 aromatic rings. The zero-order valence-corrected chi connectivity index (χ0v) is 13.3. The van der Waals surface area contributed by atoms with Crippen molar-refractivity contribution >= 4 is 56.0 Å². The standard InChI is InChI=1S/C14H7BrINO2/c15-8-1-4-10(5-2-8)17-13(18)11-6-3-9(16)7-12(11)14(17)19/h1-7H. The number of halogens is 2. The number of nitrogens with zero attached hydrogens (tertiary/aromatic N) is 1. The maximum absolute atomic E-state index is 12.3. The molecule has 3 rings (SSSR count). The van der Waals surface area contributed by atoms with E-state index in [1.165, 1.54) is 4.90 Å². The molecule has 0 saturated carbocycles. The van der Waals surface area contributed by atoms with Gasteiger partial charge in [-0.15, -0.1) is 0 Å². The van der Waals surface area contributed by atoms with E-state index in [0.29, 0.717) is 16.8 Å². The van der Waals surface area contributed by atoms with Gasteiger partial charge in [-0.05, 0) is 65.1 Å². The Balaban J connectivity index is 2.10. The minimum Gasteiger partial charge on any atom is -0.268 e. The van der Waals surface area contributed by atoms with E-state index in [1.807, 2.05) is 18.2 Å². The Morgan fingerprint density at radius 1 is 0.895 bits per heavy atom. The third-order valence-electron chi connectivity index (χ3n) is 2.93. The molecule has 0 atom stereocenters. The maximum atomic E-state index is 12.3. The predicted octanol–water partition coefficient (Wildman–Crippen LogP) is 3.85. The molecule has 5 heteroatoms. The summed E-state index contributed by atoms with van der Waals surface area (Å²) in [5.74, 6) is -0.528. The van der Waals surface area contributed by atoms with Crippen LogP contribution in [-0.4, -0.2) is 11.8 Å². The second kappa shape index (κ2) is 4.72. The van der Waals surface area contributed by atoms with Crippen LogP contribution >= 0.6 is 38.5 Å². The molecule has 0 bridgehead atoms. The Kier molecular flexibility index (Phi) is 3.18. The molecule has 94 valence electrons. The van der Waals surface area contributed by atoms with Crippen LogP contribution in [0.2, 0.25) is 0 Å². The zero-order valence-electron chi connectivity index (χ0n) is 9.56. The third-order valence-corrected chi connectivity index (χ3v) is 4.13. The van der Waals surface area contributed by atoms with Crippen molar-refractivity contribution in [2.45, 2.75) is 0 Å². The molecule has 0 radical (unpaired) electrons. The number of hydrogen-bond acceptors (Lipinski definition) is 2. The van der Waals surface area contributed by atoms with E-state index in [1.54, 1.807) is 24.3 Å². The van der Waals surface area contributed by atoms with E-state index >= 15 is 0 Å². The largest absolute Gasteiger partial charge is 0.268 e. The quantitative estimate of drug-likeness (QED) is 0.512. The number of hydrogen-bond donors (Lipinski definition) is 0. The summed E-state index contributed by atoms with van der Waals surface area (Å²) in [4.78, 5) is 25.8. The summed E-state index contributed by atoms with van der Waals surface area (Å²) < 4.78 is 1.84. The lowest BCUT2D eigenvalue weighted by atomic mass is 10.1. The average Bonchev–Trinajstić information content (AvgIpc) is 2.63. The Bertz CT molecular complexity index is 697. The van der Waals surface area contributed by atoms with Gasteiger partial charge in [-0.3, -0.25) is 9.59 Å². The minimum atomic E-state index is -0.265. The first kappa shape index (κ1) is 12.8. The van der Waals surface area contributed by atoms with Crippen LogP contribution < -0.4 is 4.90 Å². The Labute approximate surface area is 131 Å². The summed E-state index contributed by atoms with van der Waals surface area (Å²) in [7, 11) is 0. The van der Waals surface area contributed by atoms with Gasteiger partial charge in [-0.1, -0.05) is 15.9 Å². The van der Waals surface area contributed by atoms with Crippen LogP contribution in [-0.2, 0) is 0 Å². The lowest BCUT2D eigenvalue weighted by Crippen LogP contribution is -2.29. The highest BCUT2D eigenvalue weighted by molar-refractivity contribution is 14.1. The lowest BCUT2D eigenvalue weighted by Gasteiger charge is -2.13. The molecule has 0 N–H and O–H groups in total. The van der Waals surface area contributed by atoms with E-state index in [4.69, 9.17) is 0 Å². The van der Waals surface area contributed by atoms with Crippen LogP contribution in [0, 0.1) is 3.57 Å². The van der Waals surface area contributed by atoms with Crippen LogP contribution in [0.15, 0.2) is 46.9 Å². The average molecular weight is 428 g/mol. The van der Waals surface area contributed by atoms with Gasteiger partial charge in [-0.25, -0.2) is 4.90 Å². The molecule has 0 unspecified atom stereocenters. The SMILES string of the molecule is O=C1c2ccc(I)cc2C(=O)N1c1ccc(Br)cc1. The van der Waals surface area contributed by atoms with Crippen molar-refractivity contribution in [2.24, 2.45) is 0 Å². The van der Waals surface area contributed by atoms with Crippen LogP contribution in [0.4, 0.5) is 5.69 Å². The number of anilines is 1. The van der Waals surface area contributed by atoms with Crippen molar-refractivity contribution in [3.63, 3.8) is 0 Å². The molecule has 1 aliphatic heterocycles. The molecule has 0 saturated heterocycles. The highest BCUT2D eigenvalue weighted by Crippen LogP contribution is 2.30. The highest BCUT2D eigenvalue weighted by Gasteiger charge is 2.36. The fourth-order valence-corrected chi connectivity index (χ4v) is 2.79. The summed E-state index contributed by atoms with van der Waals surface area (Å²) in [6.45, 7) is 0. The fourth-order valence-electron chi connectivity index (χ4n) is 2.04. The lowest BCUT2D eigenvalue weighted by molar-refractivity contribution is 0.0926. The van der Waals surface area contributed by atoms with E-state index in [2.05, 4.69) is 38.5 Å². The van der Waals surface area contributed by atoms with Gasteiger partial charge in [0, 0.05) is 8.04 Å². The number of carbonyl (C=O) groups excluding carboxylic acids is 2. The van der Waals surface area contributed by atoms with Crippen molar-refractivity contribution in [1.29, 1.82) is 0 Å². The molecule has 0 aromatic heterocycles. The Hall–Kier alpha value is -1.21. The molecule has 2 aromatic carbocycles. The highest BCUT2D eigenvalue weighted by atomic mass is 127. The van der Waals surface area contributed by atoms with Crippen molar-refractivity contribution in [1.82, 2.24) is 0 Å². The summed E-state index contributed by atoms with van der Waals surface area (Å²) >= 11 is 5.46. The number of fused-ring (bicyclic) bond motifs is 1. The van der Waals surface area contributed by atoms with Gasteiger partial charge in [0.05, 0.1) is 16.8 Å². The van der Waals surface area contributed by atoms with Gasteiger partial charge >= 0.3 is 0 Å². The first-order valence-electron chi connectivity index (χ1n) is 5.52. The summed E-state index contributed by atoms with van der Waals surface area (Å²) in [6, 6.07) is 12.4. The monoisotopic (exact) mass is 427 g/mol. The number of benzene rings is 2. The Morgan fingerprint density at radius 2 is 1.53 bits per heavy atom. The van der Waals surface area contributed by atoms with Crippen LogP contribution in [0.5, 0.6) is 0 Å². The first-order chi connectivity index (χ1) is 9.08. The number of imide groups is 1. The molecule has 2 amide bonds. The van der Waals surface area contributed by atoms with Gasteiger partial charge < -0.3 is 0 Å². The van der Waals surface area contributed by atoms with Crippen LogP contribution in [0.1, 0.15) is 20.7 Å². The Morgan fingerprint density at radius 3 is 2.21 bits per heavy atom. The zero-order chi connectivity index (χ0) is 13.6. The molecule has 19 heavy (non-hydrogen) atoms. The summed E-state index contributed by atoms with van der Waals surface area (Å²) in [6.07, 6.45) is 0. The van der Waals surface area contributed by atoms with Crippen molar-refractivity contribution in [3.05, 3.63) is 61.6 Å². The number of carbonyl (C=O) groups is 2. The van der Waals surface area contributed by atoms with E-state index in [9.17, 15) is 9.59 Å². The predicted molar refractivity (Wildman–Crippen MR) is 84.4 cm³/mol. The minimum absolute atomic E-state index is 0.263. The van der Waals surface area contributed by atoms with E-state index in [0.717, 1.165) is 8.04 Å². The van der Waals surface area contributed by atoms with Crippen molar-refractivity contribution in [2.75, 3.05) is 4.90 Å². The number of rotatable bonds is 1. The smallest absolute Gasteiger partial charge is 0.266 e. The normalized spacial score (nSPS) is 13.9. The summed E-state index contributed by atoms with van der Waals surface area (Å²) in [5.41, 5.74) is 1.53. The van der Waals surface area contributed by atoms with Gasteiger partial charge in [0.15, 0.2) is 0 Å². The van der Waals surface area contributed by atoms with E-state index in [-0.39, 0.29) is 11.8 Å². The van der Waals surface area contributed by atoms with Crippen LogP contribution in [0.3, 0.4) is 0 Å². The molecule has 0 fully saturated rings. The van der Waals surface area contributed by atoms with E-state index < -0.39 is 0 Å².